The molecule has 0 saturated carbocycles. The third-order valence-electron chi connectivity index (χ3n) is 2.98. The lowest BCUT2D eigenvalue weighted by Gasteiger charge is -2.17. The van der Waals surface area contributed by atoms with Gasteiger partial charge < -0.3 is 19.6 Å². The van der Waals surface area contributed by atoms with Crippen molar-refractivity contribution in [1.82, 2.24) is 0 Å². The third-order valence-corrected chi connectivity index (χ3v) is 2.98. The molecule has 1 aromatic heterocycles. The Balaban J connectivity index is 1.81. The van der Waals surface area contributed by atoms with E-state index in [1.165, 1.54) is 12.3 Å². The van der Waals surface area contributed by atoms with Gasteiger partial charge in [-0.3, -0.25) is 5.41 Å². The summed E-state index contributed by atoms with van der Waals surface area (Å²) in [4.78, 5) is 11.8. The standard InChI is InChI=1S/C15H12N2O4/c16-14(17)10-6-9-3-4-11(7-13(9)20-8-10)21-15(18)12-2-1-5-19-12/h1-7H,8H2,(H3,16,17). The van der Waals surface area contributed by atoms with Crippen molar-refractivity contribution in [1.29, 1.82) is 5.41 Å². The fraction of sp³-hybridized carbons (Fsp3) is 0.0667. The molecule has 0 bridgehead atoms. The fourth-order valence-electron chi connectivity index (χ4n) is 1.91. The van der Waals surface area contributed by atoms with Crippen molar-refractivity contribution < 1.29 is 18.7 Å². The van der Waals surface area contributed by atoms with Crippen LogP contribution in [-0.2, 0) is 0 Å². The molecular weight excluding hydrogens is 272 g/mol. The number of amidine groups is 1. The van der Waals surface area contributed by atoms with Crippen LogP contribution in [0.3, 0.4) is 0 Å². The maximum absolute atomic E-state index is 11.8. The lowest BCUT2D eigenvalue weighted by atomic mass is 10.1. The number of hydrogen-bond donors (Lipinski definition) is 2. The number of fused-ring (bicyclic) bond motifs is 1. The predicted molar refractivity (Wildman–Crippen MR) is 75.5 cm³/mol. The van der Waals surface area contributed by atoms with Gasteiger partial charge in [-0.1, -0.05) is 0 Å². The van der Waals surface area contributed by atoms with Crippen molar-refractivity contribution in [3.05, 3.63) is 53.5 Å². The first kappa shape index (κ1) is 13.0. The van der Waals surface area contributed by atoms with Gasteiger partial charge in [-0.05, 0) is 30.3 Å². The summed E-state index contributed by atoms with van der Waals surface area (Å²) in [5.74, 6) is 0.469. The molecule has 21 heavy (non-hydrogen) atoms. The number of carbonyl (C=O) groups excluding carboxylic acids is 1. The Kier molecular flexibility index (Phi) is 3.19. The minimum Gasteiger partial charge on any atom is -0.488 e. The number of rotatable bonds is 3. The van der Waals surface area contributed by atoms with E-state index in [0.717, 1.165) is 5.56 Å². The maximum atomic E-state index is 11.8. The molecule has 2 aromatic rings. The number of ether oxygens (including phenoxy) is 2. The molecule has 0 aliphatic carbocycles. The molecule has 0 unspecified atom stereocenters. The normalized spacial score (nSPS) is 12.9. The second kappa shape index (κ2) is 5.16. The lowest BCUT2D eigenvalue weighted by molar-refractivity contribution is 0.0701. The van der Waals surface area contributed by atoms with Gasteiger partial charge in [0, 0.05) is 17.2 Å². The summed E-state index contributed by atoms with van der Waals surface area (Å²) >= 11 is 0. The van der Waals surface area contributed by atoms with Crippen molar-refractivity contribution in [3.8, 4) is 11.5 Å². The van der Waals surface area contributed by atoms with Crippen LogP contribution in [0, 0.1) is 5.41 Å². The van der Waals surface area contributed by atoms with Crippen LogP contribution in [0.5, 0.6) is 11.5 Å². The van der Waals surface area contributed by atoms with Crippen LogP contribution < -0.4 is 15.2 Å². The second-order valence-electron chi connectivity index (χ2n) is 4.44. The van der Waals surface area contributed by atoms with Crippen LogP contribution in [0.4, 0.5) is 0 Å². The van der Waals surface area contributed by atoms with Gasteiger partial charge in [0.1, 0.15) is 23.9 Å². The molecule has 1 aliphatic rings. The molecular formula is C15H12N2O4. The van der Waals surface area contributed by atoms with E-state index in [4.69, 9.17) is 25.0 Å². The molecule has 1 aliphatic heterocycles. The summed E-state index contributed by atoms with van der Waals surface area (Å²) in [5.41, 5.74) is 6.82. The number of benzene rings is 1. The zero-order chi connectivity index (χ0) is 14.8. The number of nitrogens with two attached hydrogens (primary N) is 1. The van der Waals surface area contributed by atoms with Crippen LogP contribution in [0.1, 0.15) is 16.1 Å². The Labute approximate surface area is 120 Å². The van der Waals surface area contributed by atoms with Crippen molar-refractivity contribution >= 4 is 17.9 Å². The molecule has 6 nitrogen and oxygen atoms in total. The van der Waals surface area contributed by atoms with Crippen molar-refractivity contribution in [3.63, 3.8) is 0 Å². The van der Waals surface area contributed by atoms with Crippen LogP contribution in [0.15, 0.2) is 46.6 Å². The molecule has 0 radical (unpaired) electrons. The largest absolute Gasteiger partial charge is 0.488 e. The van der Waals surface area contributed by atoms with Gasteiger partial charge in [0.15, 0.2) is 0 Å². The van der Waals surface area contributed by atoms with E-state index in [9.17, 15) is 4.79 Å². The SMILES string of the molecule is N=C(N)C1=Cc2ccc(OC(=O)c3ccco3)cc2OC1. The van der Waals surface area contributed by atoms with Crippen LogP contribution in [-0.4, -0.2) is 18.4 Å². The Morgan fingerprint density at radius 3 is 2.90 bits per heavy atom. The molecule has 6 heteroatoms. The smallest absolute Gasteiger partial charge is 0.379 e. The molecule has 3 N–H and O–H groups in total. The maximum Gasteiger partial charge on any atom is 0.379 e. The van der Waals surface area contributed by atoms with Gasteiger partial charge in [-0.2, -0.15) is 0 Å². The highest BCUT2D eigenvalue weighted by atomic mass is 16.5. The van der Waals surface area contributed by atoms with E-state index in [2.05, 4.69) is 0 Å². The first-order chi connectivity index (χ1) is 10.1. The molecule has 0 saturated heterocycles. The summed E-state index contributed by atoms with van der Waals surface area (Å²) in [6.45, 7) is 0.220. The molecule has 0 amide bonds. The quantitative estimate of drug-likeness (QED) is 0.389. The molecule has 1 aromatic carbocycles. The highest BCUT2D eigenvalue weighted by molar-refractivity contribution is 6.00. The highest BCUT2D eigenvalue weighted by Gasteiger charge is 2.16. The number of hydrogen-bond acceptors (Lipinski definition) is 5. The molecule has 0 fully saturated rings. The van der Waals surface area contributed by atoms with Gasteiger partial charge in [-0.25, -0.2) is 4.79 Å². The Morgan fingerprint density at radius 2 is 2.19 bits per heavy atom. The number of carbonyl (C=O) groups is 1. The van der Waals surface area contributed by atoms with Crippen molar-refractivity contribution in [2.75, 3.05) is 6.61 Å². The van der Waals surface area contributed by atoms with E-state index < -0.39 is 5.97 Å². The minimum atomic E-state index is -0.573. The molecule has 0 atom stereocenters. The van der Waals surface area contributed by atoms with E-state index in [0.29, 0.717) is 17.1 Å². The zero-order valence-corrected chi connectivity index (χ0v) is 11.0. The number of nitrogens with one attached hydrogen (secondary N) is 1. The average Bonchev–Trinajstić information content (AvgIpc) is 3.01. The van der Waals surface area contributed by atoms with Gasteiger partial charge in [0.25, 0.3) is 0 Å². The van der Waals surface area contributed by atoms with Crippen LogP contribution in [0.25, 0.3) is 6.08 Å². The summed E-state index contributed by atoms with van der Waals surface area (Å²) in [6, 6.07) is 8.13. The van der Waals surface area contributed by atoms with Gasteiger partial charge in [-0.15, -0.1) is 0 Å². The van der Waals surface area contributed by atoms with E-state index in [1.54, 1.807) is 30.3 Å². The highest BCUT2D eigenvalue weighted by Crippen LogP contribution is 2.30. The topological polar surface area (TPSA) is 98.5 Å². The summed E-state index contributed by atoms with van der Waals surface area (Å²) in [5, 5.41) is 7.39. The molecule has 2 heterocycles. The zero-order valence-electron chi connectivity index (χ0n) is 11.0. The average molecular weight is 284 g/mol. The van der Waals surface area contributed by atoms with Crippen LogP contribution >= 0.6 is 0 Å². The van der Waals surface area contributed by atoms with Crippen LogP contribution in [0.2, 0.25) is 0 Å². The lowest BCUT2D eigenvalue weighted by Crippen LogP contribution is -2.20. The summed E-state index contributed by atoms with van der Waals surface area (Å²) in [6.07, 6.45) is 3.18. The first-order valence-corrected chi connectivity index (χ1v) is 6.21. The molecule has 0 spiro atoms. The third kappa shape index (κ3) is 2.64. The molecule has 3 rings (SSSR count). The Morgan fingerprint density at radius 1 is 1.33 bits per heavy atom. The molecule has 106 valence electrons. The van der Waals surface area contributed by atoms with Gasteiger partial charge in [0.05, 0.1) is 6.26 Å². The second-order valence-corrected chi connectivity index (χ2v) is 4.44. The van der Waals surface area contributed by atoms with E-state index in [-0.39, 0.29) is 18.2 Å². The number of furan rings is 1. The Hall–Kier alpha value is -3.02. The fourth-order valence-corrected chi connectivity index (χ4v) is 1.91. The minimum absolute atomic E-state index is 0.0195. The first-order valence-electron chi connectivity index (χ1n) is 6.21. The van der Waals surface area contributed by atoms with Gasteiger partial charge in [0.2, 0.25) is 5.76 Å². The predicted octanol–water partition coefficient (Wildman–Crippen LogP) is 2.21. The van der Waals surface area contributed by atoms with Crippen molar-refractivity contribution in [2.45, 2.75) is 0 Å². The van der Waals surface area contributed by atoms with Gasteiger partial charge >= 0.3 is 5.97 Å². The number of esters is 1. The monoisotopic (exact) mass is 284 g/mol. The summed E-state index contributed by atoms with van der Waals surface area (Å²) < 4.78 is 15.7. The van der Waals surface area contributed by atoms with Crippen molar-refractivity contribution in [2.24, 2.45) is 5.73 Å². The summed E-state index contributed by atoms with van der Waals surface area (Å²) in [7, 11) is 0. The van der Waals surface area contributed by atoms with E-state index >= 15 is 0 Å². The Bertz CT molecular complexity index is 732. The van der Waals surface area contributed by atoms with E-state index in [1.807, 2.05) is 0 Å².